The summed E-state index contributed by atoms with van der Waals surface area (Å²) in [6.45, 7) is 2.37. The van der Waals surface area contributed by atoms with Crippen LogP contribution in [-0.2, 0) is 9.53 Å². The smallest absolute Gasteiger partial charge is 0.256 e. The molecule has 1 heterocycles. The molecule has 1 atom stereocenters. The zero-order valence-corrected chi connectivity index (χ0v) is 10.8. The van der Waals surface area contributed by atoms with E-state index in [2.05, 4.69) is 5.32 Å². The van der Waals surface area contributed by atoms with Crippen LogP contribution < -0.4 is 5.32 Å². The molecule has 5 heteroatoms. The molecule has 0 aliphatic carbocycles. The van der Waals surface area contributed by atoms with Gasteiger partial charge in [-0.05, 0) is 38.0 Å². The predicted molar refractivity (Wildman–Crippen MR) is 68.4 cm³/mol. The van der Waals surface area contributed by atoms with Crippen molar-refractivity contribution in [3.05, 3.63) is 28.8 Å². The van der Waals surface area contributed by atoms with Gasteiger partial charge >= 0.3 is 0 Å². The first-order chi connectivity index (χ1) is 8.55. The summed E-state index contributed by atoms with van der Waals surface area (Å²) in [4.78, 5) is 12.1. The molecule has 0 aromatic heterocycles. The monoisotopic (exact) mass is 264 g/mol. The molecule has 1 N–H and O–H groups in total. The van der Waals surface area contributed by atoms with Gasteiger partial charge in [-0.1, -0.05) is 11.6 Å². The van der Waals surface area contributed by atoms with Gasteiger partial charge in [0.25, 0.3) is 5.91 Å². The van der Waals surface area contributed by atoms with Crippen molar-refractivity contribution in [2.45, 2.75) is 25.4 Å². The van der Waals surface area contributed by atoms with Crippen molar-refractivity contribution in [3.8, 4) is 6.07 Å². The molecule has 1 aliphatic heterocycles. The Hall–Kier alpha value is -1.57. The Bertz CT molecular complexity index is 516. The van der Waals surface area contributed by atoms with Crippen LogP contribution in [0.5, 0.6) is 0 Å². The Balaban J connectivity index is 2.15. The van der Waals surface area contributed by atoms with Gasteiger partial charge in [0.1, 0.15) is 5.60 Å². The fourth-order valence-corrected chi connectivity index (χ4v) is 2.13. The first-order valence-corrected chi connectivity index (χ1v) is 6.08. The maximum Gasteiger partial charge on any atom is 0.256 e. The van der Waals surface area contributed by atoms with Gasteiger partial charge in [0, 0.05) is 6.61 Å². The molecule has 0 saturated carbocycles. The molecule has 94 valence electrons. The molecular formula is C13H13ClN2O2. The molecular weight excluding hydrogens is 252 g/mol. The summed E-state index contributed by atoms with van der Waals surface area (Å²) in [7, 11) is 0. The Kier molecular flexibility index (Phi) is 3.55. The molecule has 1 amide bonds. The molecule has 4 nitrogen and oxygen atoms in total. The third-order valence-electron chi connectivity index (χ3n) is 3.05. The number of nitrogens with one attached hydrogen (secondary N) is 1. The van der Waals surface area contributed by atoms with Crippen LogP contribution in [0.15, 0.2) is 18.2 Å². The van der Waals surface area contributed by atoms with E-state index in [-0.39, 0.29) is 5.91 Å². The van der Waals surface area contributed by atoms with Gasteiger partial charge in [-0.2, -0.15) is 5.26 Å². The van der Waals surface area contributed by atoms with Crippen molar-refractivity contribution in [2.75, 3.05) is 11.9 Å². The summed E-state index contributed by atoms with van der Waals surface area (Å²) in [5, 5.41) is 11.8. The highest BCUT2D eigenvalue weighted by molar-refractivity contribution is 6.33. The van der Waals surface area contributed by atoms with Crippen LogP contribution in [0.4, 0.5) is 5.69 Å². The van der Waals surface area contributed by atoms with Gasteiger partial charge in [-0.15, -0.1) is 0 Å². The van der Waals surface area contributed by atoms with E-state index in [9.17, 15) is 4.79 Å². The molecule has 0 bridgehead atoms. The Morgan fingerprint density at radius 1 is 1.61 bits per heavy atom. The van der Waals surface area contributed by atoms with Crippen molar-refractivity contribution in [1.29, 1.82) is 5.26 Å². The summed E-state index contributed by atoms with van der Waals surface area (Å²) in [5.41, 5.74) is 0.177. The average Bonchev–Trinajstić information content (AvgIpc) is 2.80. The van der Waals surface area contributed by atoms with Crippen molar-refractivity contribution in [1.82, 2.24) is 0 Å². The van der Waals surface area contributed by atoms with Gasteiger partial charge in [0.05, 0.1) is 22.3 Å². The number of carbonyl (C=O) groups excluding carboxylic acids is 1. The summed E-state index contributed by atoms with van der Waals surface area (Å²) in [6.07, 6.45) is 1.58. The molecule has 1 aliphatic rings. The normalized spacial score (nSPS) is 22.5. The maximum absolute atomic E-state index is 12.1. The minimum absolute atomic E-state index is 0.202. The third kappa shape index (κ3) is 2.47. The summed E-state index contributed by atoms with van der Waals surface area (Å²) < 4.78 is 5.45. The fraction of sp³-hybridized carbons (Fsp3) is 0.385. The Morgan fingerprint density at radius 2 is 2.39 bits per heavy atom. The van der Waals surface area contributed by atoms with Crippen LogP contribution >= 0.6 is 11.6 Å². The van der Waals surface area contributed by atoms with Crippen LogP contribution in [0.25, 0.3) is 0 Å². The van der Waals surface area contributed by atoms with E-state index in [1.807, 2.05) is 6.07 Å². The zero-order valence-electron chi connectivity index (χ0n) is 10.00. The van der Waals surface area contributed by atoms with E-state index < -0.39 is 5.60 Å². The Labute approximate surface area is 111 Å². The second-order valence-electron chi connectivity index (χ2n) is 4.44. The lowest BCUT2D eigenvalue weighted by Crippen LogP contribution is -2.39. The number of amides is 1. The van der Waals surface area contributed by atoms with Crippen LogP contribution in [0, 0.1) is 11.3 Å². The SMILES string of the molecule is CC1(C(=O)Nc2ccc(C#N)cc2Cl)CCCO1. The number of hydrogen-bond donors (Lipinski definition) is 1. The van der Waals surface area contributed by atoms with E-state index in [4.69, 9.17) is 21.6 Å². The largest absolute Gasteiger partial charge is 0.365 e. The number of carbonyl (C=O) groups is 1. The van der Waals surface area contributed by atoms with E-state index in [1.165, 1.54) is 6.07 Å². The van der Waals surface area contributed by atoms with Crippen LogP contribution in [0.2, 0.25) is 5.02 Å². The fourth-order valence-electron chi connectivity index (χ4n) is 1.90. The van der Waals surface area contributed by atoms with E-state index in [0.717, 1.165) is 6.42 Å². The number of ether oxygens (including phenoxy) is 1. The molecule has 1 unspecified atom stereocenters. The van der Waals surface area contributed by atoms with Crippen LogP contribution in [0.3, 0.4) is 0 Å². The van der Waals surface area contributed by atoms with Gasteiger partial charge in [0.2, 0.25) is 0 Å². The Morgan fingerprint density at radius 3 is 2.94 bits per heavy atom. The number of anilines is 1. The van der Waals surface area contributed by atoms with Crippen molar-refractivity contribution in [2.24, 2.45) is 0 Å². The topological polar surface area (TPSA) is 62.1 Å². The lowest BCUT2D eigenvalue weighted by atomic mass is 10.0. The lowest BCUT2D eigenvalue weighted by Gasteiger charge is -2.22. The highest BCUT2D eigenvalue weighted by atomic mass is 35.5. The summed E-state index contributed by atoms with van der Waals surface area (Å²) in [5.74, 6) is -0.202. The zero-order chi connectivity index (χ0) is 13.2. The molecule has 0 radical (unpaired) electrons. The van der Waals surface area contributed by atoms with Gasteiger partial charge in [-0.3, -0.25) is 4.79 Å². The quantitative estimate of drug-likeness (QED) is 0.893. The minimum atomic E-state index is -0.781. The lowest BCUT2D eigenvalue weighted by molar-refractivity contribution is -0.133. The second kappa shape index (κ2) is 4.97. The molecule has 1 fully saturated rings. The number of nitrogens with zero attached hydrogens (tertiary/aromatic N) is 1. The molecule has 2 rings (SSSR count). The molecule has 0 spiro atoms. The summed E-state index contributed by atoms with van der Waals surface area (Å²) in [6, 6.07) is 6.74. The van der Waals surface area contributed by atoms with E-state index in [1.54, 1.807) is 19.1 Å². The summed E-state index contributed by atoms with van der Waals surface area (Å²) >= 11 is 6.00. The van der Waals surface area contributed by atoms with E-state index >= 15 is 0 Å². The standard InChI is InChI=1S/C13H13ClN2O2/c1-13(5-2-6-18-13)12(17)16-11-4-3-9(8-15)7-10(11)14/h3-4,7H,2,5-6H2,1H3,(H,16,17). The maximum atomic E-state index is 12.1. The van der Waals surface area contributed by atoms with Crippen molar-refractivity contribution in [3.63, 3.8) is 0 Å². The van der Waals surface area contributed by atoms with E-state index in [0.29, 0.717) is 29.3 Å². The highest BCUT2D eigenvalue weighted by Gasteiger charge is 2.37. The predicted octanol–water partition coefficient (Wildman–Crippen LogP) is 2.72. The first kappa shape index (κ1) is 12.9. The third-order valence-corrected chi connectivity index (χ3v) is 3.36. The highest BCUT2D eigenvalue weighted by Crippen LogP contribution is 2.29. The number of nitriles is 1. The molecule has 1 aromatic carbocycles. The molecule has 1 saturated heterocycles. The average molecular weight is 265 g/mol. The minimum Gasteiger partial charge on any atom is -0.365 e. The van der Waals surface area contributed by atoms with Crippen molar-refractivity contribution < 1.29 is 9.53 Å². The van der Waals surface area contributed by atoms with Crippen molar-refractivity contribution >= 4 is 23.2 Å². The first-order valence-electron chi connectivity index (χ1n) is 5.70. The number of rotatable bonds is 2. The number of benzene rings is 1. The van der Waals surface area contributed by atoms with Gasteiger partial charge in [0.15, 0.2) is 0 Å². The number of hydrogen-bond acceptors (Lipinski definition) is 3. The number of halogens is 1. The van der Waals surface area contributed by atoms with Crippen LogP contribution in [0.1, 0.15) is 25.3 Å². The van der Waals surface area contributed by atoms with Gasteiger partial charge < -0.3 is 10.1 Å². The molecule has 1 aromatic rings. The second-order valence-corrected chi connectivity index (χ2v) is 4.85. The van der Waals surface area contributed by atoms with Gasteiger partial charge in [-0.25, -0.2) is 0 Å². The van der Waals surface area contributed by atoms with Crippen LogP contribution in [-0.4, -0.2) is 18.1 Å². The molecule has 18 heavy (non-hydrogen) atoms.